The fraction of sp³-hybridized carbons (Fsp3) is 0.375. The van der Waals surface area contributed by atoms with Crippen molar-refractivity contribution < 1.29 is 0 Å². The van der Waals surface area contributed by atoms with Gasteiger partial charge in [0.15, 0.2) is 0 Å². The van der Waals surface area contributed by atoms with Gasteiger partial charge in [-0.05, 0) is 43.0 Å². The molecule has 0 spiro atoms. The smallest absolute Gasteiger partial charge is 0.0812 e. The molecule has 0 aromatic heterocycles. The first kappa shape index (κ1) is 18.4. The SMILES string of the molecule is CCCN1N=C2/C(=C/c3ccc(C)cc3)CSCC2C1c1ccc(C)cc1. The van der Waals surface area contributed by atoms with Crippen LogP contribution in [0.2, 0.25) is 0 Å². The second kappa shape index (κ2) is 7.93. The Morgan fingerprint density at radius 1 is 1.04 bits per heavy atom. The van der Waals surface area contributed by atoms with Crippen molar-refractivity contribution in [3.8, 4) is 0 Å². The number of hydrogen-bond acceptors (Lipinski definition) is 3. The molecule has 2 aromatic carbocycles. The highest BCUT2D eigenvalue weighted by Crippen LogP contribution is 2.43. The van der Waals surface area contributed by atoms with E-state index in [-0.39, 0.29) is 0 Å². The maximum atomic E-state index is 5.14. The summed E-state index contributed by atoms with van der Waals surface area (Å²) in [5.74, 6) is 2.70. The van der Waals surface area contributed by atoms with Gasteiger partial charge in [0.2, 0.25) is 0 Å². The molecular weight excluding hydrogens is 348 g/mol. The lowest BCUT2D eigenvalue weighted by molar-refractivity contribution is 0.209. The van der Waals surface area contributed by atoms with Crippen molar-refractivity contribution in [2.45, 2.75) is 33.2 Å². The molecule has 2 aliphatic heterocycles. The summed E-state index contributed by atoms with van der Waals surface area (Å²) in [6.45, 7) is 7.55. The van der Waals surface area contributed by atoms with Crippen LogP contribution in [0.3, 0.4) is 0 Å². The van der Waals surface area contributed by atoms with E-state index in [1.165, 1.54) is 33.5 Å². The lowest BCUT2D eigenvalue weighted by atomic mass is 9.87. The Hall–Kier alpha value is -2.00. The van der Waals surface area contributed by atoms with Gasteiger partial charge in [0, 0.05) is 24.0 Å². The van der Waals surface area contributed by atoms with Crippen LogP contribution in [0.5, 0.6) is 0 Å². The first-order valence-electron chi connectivity index (χ1n) is 9.93. The summed E-state index contributed by atoms with van der Waals surface area (Å²) in [7, 11) is 0. The molecule has 2 unspecified atom stereocenters. The van der Waals surface area contributed by atoms with Gasteiger partial charge in [-0.2, -0.15) is 16.9 Å². The quantitative estimate of drug-likeness (QED) is 0.663. The predicted octanol–water partition coefficient (Wildman–Crippen LogP) is 5.87. The Bertz CT molecular complexity index is 849. The van der Waals surface area contributed by atoms with Crippen LogP contribution in [0.15, 0.2) is 59.2 Å². The van der Waals surface area contributed by atoms with Gasteiger partial charge >= 0.3 is 0 Å². The van der Waals surface area contributed by atoms with Crippen LogP contribution in [-0.4, -0.2) is 28.8 Å². The molecule has 3 heteroatoms. The standard InChI is InChI=1S/C24H28N2S/c1-4-13-26-24(20-11-7-18(3)8-12-20)22-16-27-15-21(23(22)25-26)14-19-9-5-17(2)6-10-19/h5-12,14,22,24H,4,13,15-16H2,1-3H3/b21-14+. The number of aryl methyl sites for hydroxylation is 2. The van der Waals surface area contributed by atoms with Crippen molar-refractivity contribution in [3.63, 3.8) is 0 Å². The van der Waals surface area contributed by atoms with Gasteiger partial charge in [-0.1, -0.05) is 66.6 Å². The van der Waals surface area contributed by atoms with Crippen LogP contribution in [0, 0.1) is 19.8 Å². The molecule has 2 nitrogen and oxygen atoms in total. The molecule has 4 rings (SSSR count). The lowest BCUT2D eigenvalue weighted by Crippen LogP contribution is -2.30. The topological polar surface area (TPSA) is 15.6 Å². The largest absolute Gasteiger partial charge is 0.289 e. The molecule has 0 aliphatic carbocycles. The monoisotopic (exact) mass is 376 g/mol. The average molecular weight is 377 g/mol. The van der Waals surface area contributed by atoms with Crippen molar-refractivity contribution in [1.82, 2.24) is 5.01 Å². The van der Waals surface area contributed by atoms with Crippen molar-refractivity contribution in [1.29, 1.82) is 0 Å². The minimum atomic E-state index is 0.370. The maximum Gasteiger partial charge on any atom is 0.0812 e. The first-order valence-corrected chi connectivity index (χ1v) is 11.1. The van der Waals surface area contributed by atoms with Crippen molar-refractivity contribution in [3.05, 3.63) is 76.4 Å². The number of thioether (sulfide) groups is 1. The average Bonchev–Trinajstić information content (AvgIpc) is 3.04. The summed E-state index contributed by atoms with van der Waals surface area (Å²) in [6, 6.07) is 18.2. The van der Waals surface area contributed by atoms with E-state index < -0.39 is 0 Å². The predicted molar refractivity (Wildman–Crippen MR) is 118 cm³/mol. The second-order valence-corrected chi connectivity index (χ2v) is 8.74. The Balaban J connectivity index is 1.68. The highest BCUT2D eigenvalue weighted by molar-refractivity contribution is 7.99. The van der Waals surface area contributed by atoms with Crippen LogP contribution in [0.1, 0.15) is 41.6 Å². The molecule has 2 atom stereocenters. The van der Waals surface area contributed by atoms with E-state index in [1.54, 1.807) is 0 Å². The Morgan fingerprint density at radius 2 is 1.70 bits per heavy atom. The first-order chi connectivity index (χ1) is 13.2. The van der Waals surface area contributed by atoms with E-state index in [0.717, 1.165) is 24.5 Å². The Kier molecular flexibility index (Phi) is 5.40. The zero-order valence-electron chi connectivity index (χ0n) is 16.5. The molecule has 27 heavy (non-hydrogen) atoms. The number of hydrazone groups is 1. The van der Waals surface area contributed by atoms with Crippen LogP contribution in [0.25, 0.3) is 6.08 Å². The van der Waals surface area contributed by atoms with Gasteiger partial charge in [-0.25, -0.2) is 0 Å². The Morgan fingerprint density at radius 3 is 2.37 bits per heavy atom. The van der Waals surface area contributed by atoms with Crippen LogP contribution >= 0.6 is 11.8 Å². The fourth-order valence-corrected chi connectivity index (χ4v) is 5.20. The minimum Gasteiger partial charge on any atom is -0.289 e. The number of benzene rings is 2. The molecule has 0 radical (unpaired) electrons. The lowest BCUT2D eigenvalue weighted by Gasteiger charge is -2.30. The molecule has 2 aliphatic rings. The van der Waals surface area contributed by atoms with Gasteiger partial charge in [0.25, 0.3) is 0 Å². The fourth-order valence-electron chi connectivity index (χ4n) is 4.04. The van der Waals surface area contributed by atoms with E-state index in [4.69, 9.17) is 5.10 Å². The normalized spacial score (nSPS) is 23.4. The van der Waals surface area contributed by atoms with Gasteiger partial charge in [0.1, 0.15) is 0 Å². The van der Waals surface area contributed by atoms with Crippen molar-refractivity contribution >= 4 is 23.5 Å². The summed E-state index contributed by atoms with van der Waals surface area (Å²) < 4.78 is 0. The molecule has 0 saturated carbocycles. The molecule has 0 N–H and O–H groups in total. The summed E-state index contributed by atoms with van der Waals surface area (Å²) in [5, 5.41) is 7.49. The summed E-state index contributed by atoms with van der Waals surface area (Å²) in [5.41, 5.74) is 8.01. The summed E-state index contributed by atoms with van der Waals surface area (Å²) in [6.07, 6.45) is 3.47. The van der Waals surface area contributed by atoms with E-state index in [1.807, 2.05) is 11.8 Å². The molecule has 1 saturated heterocycles. The number of rotatable bonds is 4. The third kappa shape index (κ3) is 3.84. The van der Waals surface area contributed by atoms with E-state index in [2.05, 4.69) is 80.4 Å². The zero-order valence-corrected chi connectivity index (χ0v) is 17.3. The minimum absolute atomic E-state index is 0.370. The molecule has 0 amide bonds. The molecular formula is C24H28N2S. The van der Waals surface area contributed by atoms with Crippen molar-refractivity contribution in [2.24, 2.45) is 11.0 Å². The molecule has 2 aromatic rings. The number of nitrogens with zero attached hydrogens (tertiary/aromatic N) is 2. The molecule has 0 bridgehead atoms. The third-order valence-corrected chi connectivity index (χ3v) is 6.57. The second-order valence-electron chi connectivity index (χ2n) is 7.71. The van der Waals surface area contributed by atoms with E-state index >= 15 is 0 Å². The number of fused-ring (bicyclic) bond motifs is 1. The highest BCUT2D eigenvalue weighted by Gasteiger charge is 2.41. The van der Waals surface area contributed by atoms with Crippen LogP contribution in [0.4, 0.5) is 0 Å². The Labute approximate surface area is 167 Å². The van der Waals surface area contributed by atoms with E-state index in [0.29, 0.717) is 12.0 Å². The van der Waals surface area contributed by atoms with Gasteiger partial charge in [0.05, 0.1) is 11.8 Å². The summed E-state index contributed by atoms with van der Waals surface area (Å²) in [4.78, 5) is 0. The number of hydrogen-bond donors (Lipinski definition) is 0. The zero-order chi connectivity index (χ0) is 18.8. The van der Waals surface area contributed by atoms with Crippen LogP contribution < -0.4 is 0 Å². The van der Waals surface area contributed by atoms with E-state index in [9.17, 15) is 0 Å². The third-order valence-electron chi connectivity index (χ3n) is 5.46. The molecule has 1 fully saturated rings. The maximum absolute atomic E-state index is 5.14. The summed E-state index contributed by atoms with van der Waals surface area (Å²) >= 11 is 2.05. The van der Waals surface area contributed by atoms with Gasteiger partial charge in [-0.3, -0.25) is 5.01 Å². The van der Waals surface area contributed by atoms with Crippen molar-refractivity contribution in [2.75, 3.05) is 18.1 Å². The molecule has 140 valence electrons. The van der Waals surface area contributed by atoms with Gasteiger partial charge < -0.3 is 0 Å². The molecule has 2 heterocycles. The van der Waals surface area contributed by atoms with Crippen LogP contribution in [-0.2, 0) is 0 Å². The highest BCUT2D eigenvalue weighted by atomic mass is 32.2. The van der Waals surface area contributed by atoms with Gasteiger partial charge in [-0.15, -0.1) is 0 Å².